The Balaban J connectivity index is 2.14. The van der Waals surface area contributed by atoms with Gasteiger partial charge in [0.1, 0.15) is 35.9 Å². The molecule has 2 aromatic carbocycles. The van der Waals surface area contributed by atoms with Crippen molar-refractivity contribution in [2.24, 2.45) is 0 Å². The first-order valence-corrected chi connectivity index (χ1v) is 8.33. The van der Waals surface area contributed by atoms with E-state index in [0.29, 0.717) is 29.1 Å². The summed E-state index contributed by atoms with van der Waals surface area (Å²) < 4.78 is 16.6. The van der Waals surface area contributed by atoms with Gasteiger partial charge in [-0.3, -0.25) is 4.79 Å². The molecule has 0 aliphatic carbocycles. The van der Waals surface area contributed by atoms with Gasteiger partial charge in [-0.1, -0.05) is 55.6 Å². The Morgan fingerprint density at radius 2 is 1.70 bits per heavy atom. The number of benzene rings is 2. The molecule has 1 aromatic heterocycles. The molecule has 1 heterocycles. The first kappa shape index (κ1) is 18.2. The quantitative estimate of drug-likeness (QED) is 0.342. The van der Waals surface area contributed by atoms with Crippen LogP contribution < -0.4 is 15.1 Å². The Morgan fingerprint density at radius 3 is 2.41 bits per heavy atom. The molecule has 0 spiro atoms. The highest BCUT2D eigenvalue weighted by Gasteiger charge is 2.18. The van der Waals surface area contributed by atoms with Crippen molar-refractivity contribution in [3.63, 3.8) is 0 Å². The number of hydrogen-bond acceptors (Lipinski definition) is 5. The standard InChI is InChI=1S/C22H18O5/c1-3-10-25-16-12-19(26-11-4-2)17-14-18(22(24)27-20(17)13-16)21(23)15-8-6-5-7-9-15/h3-9,12-14H,1-2,10-11H2. The van der Waals surface area contributed by atoms with Gasteiger partial charge in [0.25, 0.3) is 0 Å². The molecule has 27 heavy (non-hydrogen) atoms. The van der Waals surface area contributed by atoms with Crippen LogP contribution in [-0.2, 0) is 0 Å². The molecule has 0 saturated carbocycles. The smallest absolute Gasteiger partial charge is 0.347 e. The lowest BCUT2D eigenvalue weighted by Gasteiger charge is -2.11. The van der Waals surface area contributed by atoms with Crippen molar-refractivity contribution in [3.8, 4) is 11.5 Å². The number of carbonyl (C=O) groups is 1. The summed E-state index contributed by atoms with van der Waals surface area (Å²) in [5.74, 6) is 0.483. The lowest BCUT2D eigenvalue weighted by atomic mass is 10.0. The van der Waals surface area contributed by atoms with Crippen LogP contribution in [0, 0.1) is 0 Å². The van der Waals surface area contributed by atoms with Crippen molar-refractivity contribution in [2.45, 2.75) is 0 Å². The number of fused-ring (bicyclic) bond motifs is 1. The van der Waals surface area contributed by atoms with Crippen molar-refractivity contribution >= 4 is 16.8 Å². The molecule has 3 rings (SSSR count). The normalized spacial score (nSPS) is 10.4. The molecule has 5 nitrogen and oxygen atoms in total. The van der Waals surface area contributed by atoms with E-state index in [2.05, 4.69) is 13.2 Å². The zero-order chi connectivity index (χ0) is 19.2. The highest BCUT2D eigenvalue weighted by molar-refractivity contribution is 6.10. The molecule has 0 unspecified atom stereocenters. The Hall–Kier alpha value is -3.60. The second-order valence-electron chi connectivity index (χ2n) is 5.68. The Labute approximate surface area is 156 Å². The first-order valence-electron chi connectivity index (χ1n) is 8.33. The maximum atomic E-state index is 12.7. The average Bonchev–Trinajstić information content (AvgIpc) is 2.70. The van der Waals surface area contributed by atoms with Crippen LogP contribution in [0.3, 0.4) is 0 Å². The number of ketones is 1. The van der Waals surface area contributed by atoms with Crippen molar-refractivity contribution in [1.82, 2.24) is 0 Å². The highest BCUT2D eigenvalue weighted by atomic mass is 16.5. The highest BCUT2D eigenvalue weighted by Crippen LogP contribution is 2.31. The fraction of sp³-hybridized carbons (Fsp3) is 0.0909. The van der Waals surface area contributed by atoms with Gasteiger partial charge in [0.05, 0.1) is 5.39 Å². The second-order valence-corrected chi connectivity index (χ2v) is 5.68. The van der Waals surface area contributed by atoms with E-state index in [-0.39, 0.29) is 17.8 Å². The van der Waals surface area contributed by atoms with Gasteiger partial charge in [0.15, 0.2) is 5.78 Å². The van der Waals surface area contributed by atoms with E-state index in [0.717, 1.165) is 0 Å². The number of hydrogen-bond donors (Lipinski definition) is 0. The minimum atomic E-state index is -0.716. The maximum Gasteiger partial charge on any atom is 0.347 e. The van der Waals surface area contributed by atoms with Crippen molar-refractivity contribution < 1.29 is 18.7 Å². The average molecular weight is 362 g/mol. The van der Waals surface area contributed by atoms with Gasteiger partial charge in [-0.25, -0.2) is 4.79 Å². The molecule has 0 fully saturated rings. The summed E-state index contributed by atoms with van der Waals surface area (Å²) in [6.45, 7) is 7.78. The first-order chi connectivity index (χ1) is 13.1. The summed E-state index contributed by atoms with van der Waals surface area (Å²) in [6.07, 6.45) is 3.20. The van der Waals surface area contributed by atoms with Crippen LogP contribution in [0.25, 0.3) is 11.0 Å². The Kier molecular flexibility index (Phi) is 5.52. The Bertz CT molecular complexity index is 1050. The van der Waals surface area contributed by atoms with Crippen LogP contribution in [-0.4, -0.2) is 19.0 Å². The number of rotatable bonds is 8. The lowest BCUT2D eigenvalue weighted by molar-refractivity contribution is 0.103. The molecule has 0 atom stereocenters. The molecule has 5 heteroatoms. The molecule has 0 amide bonds. The summed E-state index contributed by atoms with van der Waals surface area (Å²) >= 11 is 0. The number of ether oxygens (including phenoxy) is 2. The molecule has 0 bridgehead atoms. The van der Waals surface area contributed by atoms with Crippen molar-refractivity contribution in [2.75, 3.05) is 13.2 Å². The van der Waals surface area contributed by atoms with E-state index < -0.39 is 11.4 Å². The van der Waals surface area contributed by atoms with Gasteiger partial charge in [0.2, 0.25) is 0 Å². The maximum absolute atomic E-state index is 12.7. The van der Waals surface area contributed by atoms with Crippen LogP contribution in [0.5, 0.6) is 11.5 Å². The second kappa shape index (κ2) is 8.19. The van der Waals surface area contributed by atoms with E-state index >= 15 is 0 Å². The van der Waals surface area contributed by atoms with Gasteiger partial charge in [0, 0.05) is 17.7 Å². The lowest BCUT2D eigenvalue weighted by Crippen LogP contribution is -2.15. The topological polar surface area (TPSA) is 65.7 Å². The third kappa shape index (κ3) is 3.98. The summed E-state index contributed by atoms with van der Waals surface area (Å²) in [6, 6.07) is 13.3. The van der Waals surface area contributed by atoms with Gasteiger partial charge >= 0.3 is 5.63 Å². The Morgan fingerprint density at radius 1 is 1.00 bits per heavy atom. The van der Waals surface area contributed by atoms with E-state index in [1.54, 1.807) is 54.6 Å². The van der Waals surface area contributed by atoms with E-state index in [9.17, 15) is 9.59 Å². The van der Waals surface area contributed by atoms with Crippen LogP contribution in [0.2, 0.25) is 0 Å². The van der Waals surface area contributed by atoms with Crippen LogP contribution in [0.4, 0.5) is 0 Å². The van der Waals surface area contributed by atoms with E-state index in [1.165, 1.54) is 6.07 Å². The summed E-state index contributed by atoms with van der Waals surface area (Å²) in [4.78, 5) is 25.1. The predicted octanol–water partition coefficient (Wildman–Crippen LogP) is 4.15. The largest absolute Gasteiger partial charge is 0.489 e. The zero-order valence-electron chi connectivity index (χ0n) is 14.6. The zero-order valence-corrected chi connectivity index (χ0v) is 14.6. The molecule has 136 valence electrons. The van der Waals surface area contributed by atoms with Crippen molar-refractivity contribution in [3.05, 3.63) is 95.4 Å². The fourth-order valence-electron chi connectivity index (χ4n) is 2.57. The molecular formula is C22H18O5. The molecule has 0 N–H and O–H groups in total. The van der Waals surface area contributed by atoms with Crippen LogP contribution in [0.15, 0.2) is 83.1 Å². The predicted molar refractivity (Wildman–Crippen MR) is 104 cm³/mol. The van der Waals surface area contributed by atoms with Gasteiger partial charge in [-0.2, -0.15) is 0 Å². The van der Waals surface area contributed by atoms with Crippen molar-refractivity contribution in [1.29, 1.82) is 0 Å². The number of carbonyl (C=O) groups excluding carboxylic acids is 1. The third-order valence-corrected chi connectivity index (χ3v) is 3.79. The van der Waals surface area contributed by atoms with Crippen LogP contribution in [0.1, 0.15) is 15.9 Å². The molecule has 0 aliphatic rings. The molecule has 0 aliphatic heterocycles. The fourth-order valence-corrected chi connectivity index (χ4v) is 2.57. The van der Waals surface area contributed by atoms with Gasteiger partial charge < -0.3 is 13.9 Å². The van der Waals surface area contributed by atoms with Gasteiger partial charge in [-0.15, -0.1) is 0 Å². The van der Waals surface area contributed by atoms with E-state index in [1.807, 2.05) is 0 Å². The summed E-state index contributed by atoms with van der Waals surface area (Å²) in [5.41, 5.74) is -0.0994. The van der Waals surface area contributed by atoms with E-state index in [4.69, 9.17) is 13.9 Å². The van der Waals surface area contributed by atoms with Gasteiger partial charge in [-0.05, 0) is 6.07 Å². The molecule has 0 saturated heterocycles. The molecular weight excluding hydrogens is 344 g/mol. The monoisotopic (exact) mass is 362 g/mol. The molecule has 3 aromatic rings. The third-order valence-electron chi connectivity index (χ3n) is 3.79. The summed E-state index contributed by atoms with van der Waals surface area (Å²) in [5, 5.41) is 0.502. The summed E-state index contributed by atoms with van der Waals surface area (Å²) in [7, 11) is 0. The molecule has 0 radical (unpaired) electrons. The minimum absolute atomic E-state index is 0.0584. The minimum Gasteiger partial charge on any atom is -0.489 e. The SMILES string of the molecule is C=CCOc1cc(OCC=C)c2cc(C(=O)c3ccccc3)c(=O)oc2c1. The van der Waals surface area contributed by atoms with Crippen LogP contribution >= 0.6 is 0 Å².